The van der Waals surface area contributed by atoms with E-state index in [4.69, 9.17) is 9.47 Å². The number of benzene rings is 1. The first-order valence-corrected chi connectivity index (χ1v) is 7.15. The molecule has 0 fully saturated rings. The van der Waals surface area contributed by atoms with Crippen molar-refractivity contribution in [1.29, 1.82) is 0 Å². The monoisotopic (exact) mass is 343 g/mol. The molecule has 0 aliphatic carbocycles. The van der Waals surface area contributed by atoms with Gasteiger partial charge in [0.2, 0.25) is 0 Å². The van der Waals surface area contributed by atoms with Crippen LogP contribution in [0.25, 0.3) is 0 Å². The van der Waals surface area contributed by atoms with Crippen LogP contribution in [0.3, 0.4) is 0 Å². The van der Waals surface area contributed by atoms with Crippen LogP contribution in [0.1, 0.15) is 30.1 Å². The number of carbonyl (C=O) groups excluding carboxylic acids is 2. The van der Waals surface area contributed by atoms with Crippen LogP contribution in [0, 0.1) is 0 Å². The summed E-state index contributed by atoms with van der Waals surface area (Å²) < 4.78 is 10.6. The Morgan fingerprint density at radius 1 is 1.35 bits per heavy atom. The van der Waals surface area contributed by atoms with Gasteiger partial charge in [-0.2, -0.15) is 0 Å². The van der Waals surface area contributed by atoms with Crippen LogP contribution in [0.4, 0.5) is 0 Å². The second-order valence-electron chi connectivity index (χ2n) is 4.01. The van der Waals surface area contributed by atoms with Gasteiger partial charge in [0.05, 0.1) is 19.3 Å². The highest BCUT2D eigenvalue weighted by atomic mass is 79.9. The Hall–Kier alpha value is -1.56. The van der Waals surface area contributed by atoms with Crippen molar-refractivity contribution in [1.82, 2.24) is 5.32 Å². The third kappa shape index (κ3) is 5.21. The van der Waals surface area contributed by atoms with Crippen LogP contribution in [0.5, 0.6) is 5.75 Å². The van der Waals surface area contributed by atoms with Crippen LogP contribution in [-0.4, -0.2) is 32.1 Å². The SMILES string of the molecule is CCOC(=O)CCCNC(=O)c1cc(OC)ccc1Br. The summed E-state index contributed by atoms with van der Waals surface area (Å²) in [5.74, 6) is 0.161. The van der Waals surface area contributed by atoms with Gasteiger partial charge in [-0.15, -0.1) is 0 Å². The molecule has 20 heavy (non-hydrogen) atoms. The average Bonchev–Trinajstić information content (AvgIpc) is 2.44. The zero-order chi connectivity index (χ0) is 15.0. The first-order chi connectivity index (χ1) is 9.58. The minimum absolute atomic E-state index is 0.209. The standard InChI is InChI=1S/C14H18BrNO4/c1-3-20-13(17)5-4-8-16-14(18)11-9-10(19-2)6-7-12(11)15/h6-7,9H,3-5,8H2,1-2H3,(H,16,18). The number of hydrogen-bond donors (Lipinski definition) is 1. The minimum Gasteiger partial charge on any atom is -0.497 e. The highest BCUT2D eigenvalue weighted by Crippen LogP contribution is 2.22. The molecule has 0 radical (unpaired) electrons. The summed E-state index contributed by atoms with van der Waals surface area (Å²) in [7, 11) is 1.55. The lowest BCUT2D eigenvalue weighted by Crippen LogP contribution is -2.25. The quantitative estimate of drug-likeness (QED) is 0.610. The summed E-state index contributed by atoms with van der Waals surface area (Å²) in [5, 5.41) is 2.76. The largest absolute Gasteiger partial charge is 0.497 e. The zero-order valence-electron chi connectivity index (χ0n) is 11.6. The van der Waals surface area contributed by atoms with Gasteiger partial charge in [0.1, 0.15) is 5.75 Å². The smallest absolute Gasteiger partial charge is 0.305 e. The fraction of sp³-hybridized carbons (Fsp3) is 0.429. The normalized spacial score (nSPS) is 9.95. The zero-order valence-corrected chi connectivity index (χ0v) is 13.2. The van der Waals surface area contributed by atoms with Gasteiger partial charge in [-0.25, -0.2) is 0 Å². The number of nitrogens with one attached hydrogen (secondary N) is 1. The van der Waals surface area contributed by atoms with Crippen molar-refractivity contribution < 1.29 is 19.1 Å². The number of hydrogen-bond acceptors (Lipinski definition) is 4. The van der Waals surface area contributed by atoms with Crippen molar-refractivity contribution in [3.8, 4) is 5.75 Å². The summed E-state index contributed by atoms with van der Waals surface area (Å²) in [6, 6.07) is 5.18. The minimum atomic E-state index is -0.246. The molecule has 1 aromatic rings. The van der Waals surface area contributed by atoms with Crippen LogP contribution >= 0.6 is 15.9 Å². The van der Waals surface area contributed by atoms with Gasteiger partial charge >= 0.3 is 5.97 Å². The van der Waals surface area contributed by atoms with E-state index in [9.17, 15) is 9.59 Å². The highest BCUT2D eigenvalue weighted by Gasteiger charge is 2.11. The molecule has 1 rings (SSSR count). The molecular formula is C14H18BrNO4. The van der Waals surface area contributed by atoms with Crippen molar-refractivity contribution in [3.63, 3.8) is 0 Å². The fourth-order valence-electron chi connectivity index (χ4n) is 1.57. The van der Waals surface area contributed by atoms with Gasteiger partial charge in [0.15, 0.2) is 0 Å². The van der Waals surface area contributed by atoms with Crippen molar-refractivity contribution in [2.24, 2.45) is 0 Å². The maximum Gasteiger partial charge on any atom is 0.305 e. The third-order valence-corrected chi connectivity index (χ3v) is 3.26. The van der Waals surface area contributed by atoms with E-state index >= 15 is 0 Å². The molecule has 0 atom stereocenters. The van der Waals surface area contributed by atoms with Crippen LogP contribution in [-0.2, 0) is 9.53 Å². The van der Waals surface area contributed by atoms with Crippen LogP contribution in [0.15, 0.2) is 22.7 Å². The molecule has 0 saturated carbocycles. The Kier molecular flexibility index (Phi) is 7.08. The van der Waals surface area contributed by atoms with Crippen molar-refractivity contribution in [2.75, 3.05) is 20.3 Å². The maximum atomic E-state index is 12.0. The van der Waals surface area contributed by atoms with Gasteiger partial charge in [-0.3, -0.25) is 9.59 Å². The van der Waals surface area contributed by atoms with Gasteiger partial charge in [-0.1, -0.05) is 0 Å². The van der Waals surface area contributed by atoms with E-state index in [-0.39, 0.29) is 11.9 Å². The molecule has 5 nitrogen and oxygen atoms in total. The second-order valence-corrected chi connectivity index (χ2v) is 4.86. The Balaban J connectivity index is 2.45. The number of ether oxygens (including phenoxy) is 2. The van der Waals surface area contributed by atoms with Gasteiger partial charge in [-0.05, 0) is 47.5 Å². The molecule has 0 heterocycles. The summed E-state index contributed by atoms with van der Waals surface area (Å²) in [4.78, 5) is 23.1. The third-order valence-electron chi connectivity index (χ3n) is 2.57. The molecule has 1 amide bonds. The molecule has 0 unspecified atom stereocenters. The highest BCUT2D eigenvalue weighted by molar-refractivity contribution is 9.10. The molecule has 0 aliphatic heterocycles. The molecule has 0 bridgehead atoms. The molecule has 1 aromatic carbocycles. The Morgan fingerprint density at radius 3 is 2.75 bits per heavy atom. The number of esters is 1. The molecule has 0 spiro atoms. The Bertz CT molecular complexity index is 476. The molecule has 6 heteroatoms. The summed E-state index contributed by atoms with van der Waals surface area (Å²) in [5.41, 5.74) is 0.500. The van der Waals surface area contributed by atoms with E-state index in [0.717, 1.165) is 0 Å². The van der Waals surface area contributed by atoms with Gasteiger partial charge in [0, 0.05) is 17.4 Å². The Morgan fingerprint density at radius 2 is 2.10 bits per heavy atom. The summed E-state index contributed by atoms with van der Waals surface area (Å²) in [6.45, 7) is 2.56. The molecule has 0 aliphatic rings. The lowest BCUT2D eigenvalue weighted by atomic mass is 10.2. The number of amides is 1. The predicted molar refractivity (Wildman–Crippen MR) is 78.9 cm³/mol. The number of halogens is 1. The van der Waals surface area contributed by atoms with E-state index in [1.165, 1.54) is 0 Å². The van der Waals surface area contributed by atoms with E-state index in [2.05, 4.69) is 21.2 Å². The first kappa shape index (κ1) is 16.5. The van der Waals surface area contributed by atoms with Gasteiger partial charge in [0.25, 0.3) is 5.91 Å². The number of carbonyl (C=O) groups is 2. The molecule has 0 saturated heterocycles. The number of rotatable bonds is 7. The molecule has 110 valence electrons. The summed E-state index contributed by atoms with van der Waals surface area (Å²) >= 11 is 3.32. The van der Waals surface area contributed by atoms with Gasteiger partial charge < -0.3 is 14.8 Å². The van der Waals surface area contributed by atoms with Crippen molar-refractivity contribution in [2.45, 2.75) is 19.8 Å². The summed E-state index contributed by atoms with van der Waals surface area (Å²) in [6.07, 6.45) is 0.847. The van der Waals surface area contributed by atoms with Crippen LogP contribution in [0.2, 0.25) is 0 Å². The second kappa shape index (κ2) is 8.58. The molecule has 0 aromatic heterocycles. The van der Waals surface area contributed by atoms with Crippen molar-refractivity contribution in [3.05, 3.63) is 28.2 Å². The molecular weight excluding hydrogens is 326 g/mol. The number of methoxy groups -OCH3 is 1. The van der Waals surface area contributed by atoms with E-state index < -0.39 is 0 Å². The lowest BCUT2D eigenvalue weighted by Gasteiger charge is -2.08. The predicted octanol–water partition coefficient (Wildman–Crippen LogP) is 2.53. The van der Waals surface area contributed by atoms with E-state index in [1.54, 1.807) is 32.2 Å². The average molecular weight is 344 g/mol. The topological polar surface area (TPSA) is 64.6 Å². The lowest BCUT2D eigenvalue weighted by molar-refractivity contribution is -0.143. The van der Waals surface area contributed by atoms with E-state index in [0.29, 0.717) is 41.8 Å². The Labute approximate surface area is 126 Å². The molecule has 1 N–H and O–H groups in total. The van der Waals surface area contributed by atoms with Crippen LogP contribution < -0.4 is 10.1 Å². The first-order valence-electron chi connectivity index (χ1n) is 6.35. The fourth-order valence-corrected chi connectivity index (χ4v) is 2.00. The van der Waals surface area contributed by atoms with Crippen molar-refractivity contribution >= 4 is 27.8 Å². The maximum absolute atomic E-state index is 12.0. The van der Waals surface area contributed by atoms with E-state index in [1.807, 2.05) is 0 Å².